The van der Waals surface area contributed by atoms with Crippen molar-refractivity contribution >= 4 is 17.6 Å². The zero-order valence-corrected chi connectivity index (χ0v) is 13.4. The molecule has 0 aromatic heterocycles. The van der Waals surface area contributed by atoms with Gasteiger partial charge in [-0.2, -0.15) is 0 Å². The van der Waals surface area contributed by atoms with Crippen LogP contribution in [0.25, 0.3) is 11.1 Å². The third-order valence-corrected chi connectivity index (χ3v) is 3.73. The number of benzene rings is 3. The molecule has 1 amide bonds. The van der Waals surface area contributed by atoms with Crippen molar-refractivity contribution in [1.82, 2.24) is 0 Å². The van der Waals surface area contributed by atoms with E-state index in [2.05, 4.69) is 5.32 Å². The molecule has 0 unspecified atom stereocenters. The van der Waals surface area contributed by atoms with Crippen LogP contribution in [-0.4, -0.2) is 17.0 Å². The predicted octanol–water partition coefficient (Wildman–Crippen LogP) is 4.58. The summed E-state index contributed by atoms with van der Waals surface area (Å²) in [5, 5.41) is 11.9. The summed E-state index contributed by atoms with van der Waals surface area (Å²) in [6, 6.07) is 15.4. The number of hydrogen-bond acceptors (Lipinski definition) is 2. The maximum absolute atomic E-state index is 13.4. The van der Waals surface area contributed by atoms with Crippen molar-refractivity contribution in [2.75, 3.05) is 5.32 Å². The molecule has 6 heteroatoms. The van der Waals surface area contributed by atoms with Gasteiger partial charge in [-0.1, -0.05) is 24.3 Å². The molecule has 0 heterocycles. The summed E-state index contributed by atoms with van der Waals surface area (Å²) >= 11 is 0. The van der Waals surface area contributed by atoms with Crippen LogP contribution in [0.4, 0.5) is 14.5 Å². The van der Waals surface area contributed by atoms with E-state index in [1.54, 1.807) is 30.3 Å². The topological polar surface area (TPSA) is 66.4 Å². The molecule has 4 nitrogen and oxygen atoms in total. The second kappa shape index (κ2) is 7.14. The first-order chi connectivity index (χ1) is 12.4. The standard InChI is InChI=1S/C20H13F2NO3/c21-15-8-14(9-16(22)11-15)13-6-7-17(20(25)26)18(10-13)23-19(24)12-4-2-1-3-5-12/h1-11H,(H,23,24)(H,25,26). The lowest BCUT2D eigenvalue weighted by Crippen LogP contribution is -2.14. The highest BCUT2D eigenvalue weighted by Crippen LogP contribution is 2.27. The van der Waals surface area contributed by atoms with Gasteiger partial charge >= 0.3 is 5.97 Å². The van der Waals surface area contributed by atoms with Gasteiger partial charge in [0.15, 0.2) is 0 Å². The first-order valence-corrected chi connectivity index (χ1v) is 7.64. The van der Waals surface area contributed by atoms with E-state index in [0.29, 0.717) is 11.1 Å². The molecule has 0 radical (unpaired) electrons. The smallest absolute Gasteiger partial charge is 0.337 e. The monoisotopic (exact) mass is 353 g/mol. The highest BCUT2D eigenvalue weighted by atomic mass is 19.1. The maximum Gasteiger partial charge on any atom is 0.337 e. The molecule has 0 spiro atoms. The maximum atomic E-state index is 13.4. The molecule has 0 bridgehead atoms. The molecule has 0 aliphatic heterocycles. The number of halogens is 2. The highest BCUT2D eigenvalue weighted by Gasteiger charge is 2.15. The molecular formula is C20H13F2NO3. The molecule has 0 fully saturated rings. The van der Waals surface area contributed by atoms with E-state index >= 15 is 0 Å². The zero-order valence-electron chi connectivity index (χ0n) is 13.4. The normalized spacial score (nSPS) is 10.4. The van der Waals surface area contributed by atoms with Crippen LogP contribution < -0.4 is 5.32 Å². The molecular weight excluding hydrogens is 340 g/mol. The van der Waals surface area contributed by atoms with Crippen LogP contribution in [0.3, 0.4) is 0 Å². The van der Waals surface area contributed by atoms with Gasteiger partial charge in [-0.25, -0.2) is 13.6 Å². The number of rotatable bonds is 4. The fourth-order valence-electron chi connectivity index (χ4n) is 2.52. The lowest BCUT2D eigenvalue weighted by molar-refractivity contribution is 0.0698. The van der Waals surface area contributed by atoms with Crippen molar-refractivity contribution in [3.8, 4) is 11.1 Å². The number of amides is 1. The molecule has 0 aliphatic rings. The van der Waals surface area contributed by atoms with Crippen molar-refractivity contribution in [1.29, 1.82) is 0 Å². The highest BCUT2D eigenvalue weighted by molar-refractivity contribution is 6.08. The molecule has 3 rings (SSSR count). The molecule has 2 N–H and O–H groups in total. The van der Waals surface area contributed by atoms with Crippen LogP contribution in [0.5, 0.6) is 0 Å². The Morgan fingerprint density at radius 2 is 1.46 bits per heavy atom. The van der Waals surface area contributed by atoms with Crippen LogP contribution in [0, 0.1) is 11.6 Å². The number of hydrogen-bond donors (Lipinski definition) is 2. The Morgan fingerprint density at radius 3 is 2.08 bits per heavy atom. The molecule has 0 atom stereocenters. The summed E-state index contributed by atoms with van der Waals surface area (Å²) < 4.78 is 26.9. The SMILES string of the molecule is O=C(Nc1cc(-c2cc(F)cc(F)c2)ccc1C(=O)O)c1ccccc1. The van der Waals surface area contributed by atoms with E-state index in [1.807, 2.05) is 0 Å². The molecule has 26 heavy (non-hydrogen) atoms. The van der Waals surface area contributed by atoms with Crippen molar-refractivity contribution in [2.45, 2.75) is 0 Å². The molecule has 0 saturated heterocycles. The van der Waals surface area contributed by atoms with E-state index < -0.39 is 23.5 Å². The van der Waals surface area contributed by atoms with Gasteiger partial charge in [0.2, 0.25) is 0 Å². The number of aromatic carboxylic acids is 1. The van der Waals surface area contributed by atoms with Crippen molar-refractivity contribution in [2.24, 2.45) is 0 Å². The van der Waals surface area contributed by atoms with Gasteiger partial charge in [-0.15, -0.1) is 0 Å². The molecule has 130 valence electrons. The molecule has 3 aromatic rings. The Bertz CT molecular complexity index is 967. The fourth-order valence-corrected chi connectivity index (χ4v) is 2.52. The third kappa shape index (κ3) is 3.75. The van der Waals surface area contributed by atoms with Gasteiger partial charge in [0.25, 0.3) is 5.91 Å². The summed E-state index contributed by atoms with van der Waals surface area (Å²) in [5.74, 6) is -3.23. The van der Waals surface area contributed by atoms with E-state index in [-0.39, 0.29) is 16.8 Å². The Morgan fingerprint density at radius 1 is 0.808 bits per heavy atom. The summed E-state index contributed by atoms with van der Waals surface area (Å²) in [4.78, 5) is 23.7. The zero-order chi connectivity index (χ0) is 18.7. The summed E-state index contributed by atoms with van der Waals surface area (Å²) in [7, 11) is 0. The number of carbonyl (C=O) groups excluding carboxylic acids is 1. The minimum absolute atomic E-state index is 0.0357. The summed E-state index contributed by atoms with van der Waals surface area (Å²) in [6.45, 7) is 0. The van der Waals surface area contributed by atoms with Gasteiger partial charge in [0, 0.05) is 11.6 Å². The first-order valence-electron chi connectivity index (χ1n) is 7.64. The van der Waals surface area contributed by atoms with Crippen molar-refractivity contribution < 1.29 is 23.5 Å². The van der Waals surface area contributed by atoms with Gasteiger partial charge in [0.05, 0.1) is 11.3 Å². The summed E-state index contributed by atoms with van der Waals surface area (Å²) in [6.07, 6.45) is 0. The average Bonchev–Trinajstić information content (AvgIpc) is 2.61. The third-order valence-electron chi connectivity index (χ3n) is 3.73. The molecule has 0 aliphatic carbocycles. The second-order valence-corrected chi connectivity index (χ2v) is 5.54. The number of nitrogens with one attached hydrogen (secondary N) is 1. The Hall–Kier alpha value is -3.54. The van der Waals surface area contributed by atoms with Gasteiger partial charge in [0.1, 0.15) is 11.6 Å². The number of carbonyl (C=O) groups is 2. The van der Waals surface area contributed by atoms with Crippen LogP contribution in [-0.2, 0) is 0 Å². The van der Waals surface area contributed by atoms with E-state index in [1.165, 1.54) is 18.2 Å². The Labute approximate surface area is 147 Å². The lowest BCUT2D eigenvalue weighted by Gasteiger charge is -2.11. The van der Waals surface area contributed by atoms with Crippen molar-refractivity contribution in [3.05, 3.63) is 89.5 Å². The first kappa shape index (κ1) is 17.3. The number of anilines is 1. The Kier molecular flexibility index (Phi) is 4.75. The predicted molar refractivity (Wildman–Crippen MR) is 93.1 cm³/mol. The largest absolute Gasteiger partial charge is 0.478 e. The molecule has 0 saturated carbocycles. The lowest BCUT2D eigenvalue weighted by atomic mass is 10.0. The van der Waals surface area contributed by atoms with E-state index in [0.717, 1.165) is 18.2 Å². The van der Waals surface area contributed by atoms with Gasteiger partial charge < -0.3 is 10.4 Å². The van der Waals surface area contributed by atoms with E-state index in [9.17, 15) is 23.5 Å². The van der Waals surface area contributed by atoms with Crippen LogP contribution in [0.2, 0.25) is 0 Å². The fraction of sp³-hybridized carbons (Fsp3) is 0. The summed E-state index contributed by atoms with van der Waals surface area (Å²) in [5.41, 5.74) is 0.862. The minimum atomic E-state index is -1.23. The Balaban J connectivity index is 2.02. The number of carboxylic acid groups (broad SMARTS) is 1. The average molecular weight is 353 g/mol. The van der Waals surface area contributed by atoms with Gasteiger partial charge in [-0.3, -0.25) is 4.79 Å². The minimum Gasteiger partial charge on any atom is -0.478 e. The van der Waals surface area contributed by atoms with Crippen LogP contribution in [0.15, 0.2) is 66.7 Å². The van der Waals surface area contributed by atoms with Crippen LogP contribution >= 0.6 is 0 Å². The molecule has 3 aromatic carbocycles. The van der Waals surface area contributed by atoms with Crippen molar-refractivity contribution in [3.63, 3.8) is 0 Å². The number of carboxylic acids is 1. The van der Waals surface area contributed by atoms with Crippen LogP contribution in [0.1, 0.15) is 20.7 Å². The second-order valence-electron chi connectivity index (χ2n) is 5.54. The van der Waals surface area contributed by atoms with Gasteiger partial charge in [-0.05, 0) is 47.5 Å². The van der Waals surface area contributed by atoms with E-state index in [4.69, 9.17) is 0 Å². The quantitative estimate of drug-likeness (QED) is 0.721.